The highest BCUT2D eigenvalue weighted by molar-refractivity contribution is 5.97. The van der Waals surface area contributed by atoms with Crippen molar-refractivity contribution in [3.63, 3.8) is 0 Å². The van der Waals surface area contributed by atoms with Gasteiger partial charge in [-0.15, -0.1) is 0 Å². The van der Waals surface area contributed by atoms with E-state index in [0.29, 0.717) is 30.4 Å². The minimum absolute atomic E-state index is 0.0113. The van der Waals surface area contributed by atoms with Crippen LogP contribution in [0, 0.1) is 11.8 Å². The summed E-state index contributed by atoms with van der Waals surface area (Å²) in [7, 11) is 1.72. The largest absolute Gasteiger partial charge is 0.434 e. The second-order valence-electron chi connectivity index (χ2n) is 9.44. The van der Waals surface area contributed by atoms with Crippen LogP contribution in [-0.4, -0.2) is 44.7 Å². The third kappa shape index (κ3) is 3.80. The van der Waals surface area contributed by atoms with Crippen molar-refractivity contribution in [2.45, 2.75) is 57.4 Å². The van der Waals surface area contributed by atoms with E-state index < -0.39 is 12.2 Å². The summed E-state index contributed by atoms with van der Waals surface area (Å²) < 4.78 is 33.3. The molecule has 0 fully saturated rings. The van der Waals surface area contributed by atoms with E-state index in [0.717, 1.165) is 22.4 Å². The Balaban J connectivity index is 1.62. The third-order valence-corrected chi connectivity index (χ3v) is 6.50. The summed E-state index contributed by atoms with van der Waals surface area (Å²) in [5.41, 5.74) is 2.44. The van der Waals surface area contributed by atoms with Crippen molar-refractivity contribution in [2.75, 3.05) is 7.05 Å². The van der Waals surface area contributed by atoms with E-state index in [-0.39, 0.29) is 23.7 Å². The number of rotatable bonds is 4. The van der Waals surface area contributed by atoms with Gasteiger partial charge in [0.2, 0.25) is 0 Å². The van der Waals surface area contributed by atoms with Gasteiger partial charge in [0.1, 0.15) is 11.6 Å². The molecule has 0 radical (unpaired) electrons. The fraction of sp³-hybridized carbons (Fsp3) is 0.385. The maximum Gasteiger partial charge on any atom is 0.387 e. The summed E-state index contributed by atoms with van der Waals surface area (Å²) >= 11 is 0. The van der Waals surface area contributed by atoms with Crippen molar-refractivity contribution in [2.24, 2.45) is 0 Å². The topological polar surface area (TPSA) is 67.6 Å². The van der Waals surface area contributed by atoms with Crippen LogP contribution in [0.5, 0.6) is 5.75 Å². The van der Waals surface area contributed by atoms with Crippen LogP contribution < -0.4 is 4.74 Å². The molecule has 2 bridgehead atoms. The number of carbonyl (C=O) groups excluding carboxylic acids is 1. The molecule has 1 unspecified atom stereocenters. The van der Waals surface area contributed by atoms with E-state index in [1.165, 1.54) is 6.07 Å². The molecule has 2 aromatic carbocycles. The number of benzene rings is 2. The van der Waals surface area contributed by atoms with Crippen LogP contribution in [0.2, 0.25) is 0 Å². The Hall–Kier alpha value is -3.44. The molecule has 2 aliphatic heterocycles. The Kier molecular flexibility index (Phi) is 5.33. The minimum atomic E-state index is -3.00. The van der Waals surface area contributed by atoms with Gasteiger partial charge in [0.05, 0.1) is 28.7 Å². The Morgan fingerprint density at radius 3 is 2.79 bits per heavy atom. The molecule has 0 saturated heterocycles. The predicted molar refractivity (Wildman–Crippen MR) is 123 cm³/mol. The normalized spacial score (nSPS) is 19.0. The van der Waals surface area contributed by atoms with Crippen LogP contribution >= 0.6 is 0 Å². The van der Waals surface area contributed by atoms with Crippen LogP contribution in [0.25, 0.3) is 11.0 Å². The van der Waals surface area contributed by atoms with Crippen molar-refractivity contribution in [1.29, 1.82) is 0 Å². The third-order valence-electron chi connectivity index (χ3n) is 6.50. The van der Waals surface area contributed by atoms with Gasteiger partial charge in [-0.05, 0) is 50.6 Å². The lowest BCUT2D eigenvalue weighted by molar-refractivity contribution is -0.0507. The van der Waals surface area contributed by atoms with Crippen molar-refractivity contribution in [3.8, 4) is 17.6 Å². The van der Waals surface area contributed by atoms with Gasteiger partial charge in [0, 0.05) is 36.6 Å². The van der Waals surface area contributed by atoms with E-state index in [1.807, 2.05) is 22.8 Å². The molecular formula is C26H25F2N3O3. The molecule has 2 atom stereocenters. The van der Waals surface area contributed by atoms with Gasteiger partial charge in [0.15, 0.2) is 0 Å². The van der Waals surface area contributed by atoms with Crippen LogP contribution in [0.15, 0.2) is 36.4 Å². The molecule has 1 N–H and O–H groups in total. The van der Waals surface area contributed by atoms with Gasteiger partial charge in [0.25, 0.3) is 5.91 Å². The first-order valence-corrected chi connectivity index (χ1v) is 11.2. The van der Waals surface area contributed by atoms with E-state index in [9.17, 15) is 18.7 Å². The van der Waals surface area contributed by atoms with Gasteiger partial charge < -0.3 is 19.3 Å². The lowest BCUT2D eigenvalue weighted by Crippen LogP contribution is -2.30. The highest BCUT2D eigenvalue weighted by Gasteiger charge is 2.45. The number of fused-ring (bicyclic) bond motifs is 9. The number of ether oxygens (including phenoxy) is 1. The number of nitrogens with zero attached hydrogens (tertiary/aromatic N) is 3. The molecule has 2 aliphatic rings. The highest BCUT2D eigenvalue weighted by atomic mass is 19.3. The molecule has 3 heterocycles. The summed E-state index contributed by atoms with van der Waals surface area (Å²) in [5, 5.41) is 9.88. The number of aliphatic hydroxyl groups is 1. The molecule has 1 amide bonds. The smallest absolute Gasteiger partial charge is 0.387 e. The van der Waals surface area contributed by atoms with Crippen molar-refractivity contribution in [3.05, 3.63) is 58.9 Å². The van der Waals surface area contributed by atoms with Crippen LogP contribution in [0.1, 0.15) is 72.5 Å². The van der Waals surface area contributed by atoms with E-state index in [4.69, 9.17) is 9.72 Å². The van der Waals surface area contributed by atoms with Gasteiger partial charge in [-0.3, -0.25) is 4.79 Å². The zero-order valence-electron chi connectivity index (χ0n) is 19.2. The number of imidazole rings is 1. The van der Waals surface area contributed by atoms with Gasteiger partial charge in [-0.2, -0.15) is 8.78 Å². The Morgan fingerprint density at radius 2 is 2.06 bits per heavy atom. The molecule has 0 saturated carbocycles. The molecule has 176 valence electrons. The Labute approximate surface area is 196 Å². The second-order valence-corrected chi connectivity index (χ2v) is 9.44. The van der Waals surface area contributed by atoms with Crippen LogP contribution in [-0.2, 0) is 0 Å². The van der Waals surface area contributed by atoms with Crippen molar-refractivity contribution >= 4 is 16.9 Å². The molecule has 8 heteroatoms. The monoisotopic (exact) mass is 465 g/mol. The van der Waals surface area contributed by atoms with E-state index in [2.05, 4.69) is 11.8 Å². The van der Waals surface area contributed by atoms with Gasteiger partial charge >= 0.3 is 6.61 Å². The number of alkyl halides is 2. The average molecular weight is 466 g/mol. The fourth-order valence-corrected chi connectivity index (χ4v) is 4.89. The maximum absolute atomic E-state index is 13.2. The van der Waals surface area contributed by atoms with E-state index in [1.54, 1.807) is 37.9 Å². The standard InChI is InChI=1S/C26H25F2N3O3/c1-26(2,33)12-5-4-7-15-10-11-17-18(13-15)31-19-14-20(23(31)29-17)30(3)24(32)16-8-6-9-21(22(16)19)34-25(27)28/h6,8-11,13,19-20,25,33H,5,12,14H2,1-3H3/t19-,20?/m1/s1. The quantitative estimate of drug-likeness (QED) is 0.569. The number of aromatic nitrogens is 2. The molecule has 0 spiro atoms. The first kappa shape index (κ1) is 22.4. The zero-order valence-corrected chi connectivity index (χ0v) is 19.2. The molecule has 34 heavy (non-hydrogen) atoms. The molecule has 3 aromatic rings. The summed E-state index contributed by atoms with van der Waals surface area (Å²) in [4.78, 5) is 19.6. The Bertz CT molecular complexity index is 1350. The minimum Gasteiger partial charge on any atom is -0.434 e. The number of halogens is 2. The summed E-state index contributed by atoms with van der Waals surface area (Å²) in [6.07, 6.45) is 1.65. The first-order valence-electron chi connectivity index (χ1n) is 11.2. The maximum atomic E-state index is 13.2. The predicted octanol–water partition coefficient (Wildman–Crippen LogP) is 4.66. The summed E-state index contributed by atoms with van der Waals surface area (Å²) in [6, 6.07) is 9.77. The SMILES string of the molecule is CN1C(=O)c2cccc(OC(F)F)c2[C@H]2CC1c1nc3ccc(C#CCCC(C)(C)O)cc3n12. The molecule has 1 aromatic heterocycles. The van der Waals surface area contributed by atoms with Gasteiger partial charge in [-0.1, -0.05) is 17.9 Å². The number of carbonyl (C=O) groups is 1. The molecule has 5 rings (SSSR count). The number of hydrogen-bond acceptors (Lipinski definition) is 4. The van der Waals surface area contributed by atoms with Crippen molar-refractivity contribution < 1.29 is 23.4 Å². The molecule has 0 aliphatic carbocycles. The number of hydrogen-bond donors (Lipinski definition) is 1. The van der Waals surface area contributed by atoms with Crippen LogP contribution in [0.4, 0.5) is 8.78 Å². The number of amides is 1. The van der Waals surface area contributed by atoms with E-state index >= 15 is 0 Å². The van der Waals surface area contributed by atoms with Gasteiger partial charge in [-0.25, -0.2) is 4.98 Å². The lowest BCUT2D eigenvalue weighted by atomic mass is 9.97. The Morgan fingerprint density at radius 1 is 1.26 bits per heavy atom. The average Bonchev–Trinajstić information content (AvgIpc) is 3.28. The second kappa shape index (κ2) is 8.10. The summed E-state index contributed by atoms with van der Waals surface area (Å²) in [6.45, 7) is 0.509. The first-order chi connectivity index (χ1) is 16.1. The highest BCUT2D eigenvalue weighted by Crippen LogP contribution is 2.49. The fourth-order valence-electron chi connectivity index (χ4n) is 4.89. The lowest BCUT2D eigenvalue weighted by Gasteiger charge is -2.24. The molecule has 6 nitrogen and oxygen atoms in total. The summed E-state index contributed by atoms with van der Waals surface area (Å²) in [5.74, 6) is 6.74. The zero-order chi connectivity index (χ0) is 24.2. The molecular weight excluding hydrogens is 440 g/mol. The van der Waals surface area contributed by atoms with Crippen molar-refractivity contribution in [1.82, 2.24) is 14.5 Å². The van der Waals surface area contributed by atoms with Crippen LogP contribution in [0.3, 0.4) is 0 Å².